The van der Waals surface area contributed by atoms with E-state index in [1.807, 2.05) is 6.07 Å². The Bertz CT molecular complexity index is 1020. The quantitative estimate of drug-likeness (QED) is 0.619. The lowest BCUT2D eigenvalue weighted by Crippen LogP contribution is -2.21. The monoisotopic (exact) mass is 393 g/mol. The molecular weight excluding hydrogens is 374 g/mol. The van der Waals surface area contributed by atoms with Crippen molar-refractivity contribution in [2.24, 2.45) is 0 Å². The number of nitrogens with one attached hydrogen (secondary N) is 1. The van der Waals surface area contributed by atoms with Crippen molar-refractivity contribution in [3.63, 3.8) is 0 Å². The smallest absolute Gasteiger partial charge is 0.266 e. The summed E-state index contributed by atoms with van der Waals surface area (Å²) in [4.78, 5) is 25.9. The number of amides is 2. The minimum absolute atomic E-state index is 0.0801. The Balaban J connectivity index is 1.79. The molecular formula is C21H19N3O5. The fraction of sp³-hybridized carbons (Fsp3) is 0.190. The molecule has 0 radical (unpaired) electrons. The lowest BCUT2D eigenvalue weighted by atomic mass is 10.1. The molecule has 2 aromatic carbocycles. The summed E-state index contributed by atoms with van der Waals surface area (Å²) in [6.07, 6.45) is 1.43. The number of benzene rings is 2. The molecule has 0 fully saturated rings. The van der Waals surface area contributed by atoms with Crippen molar-refractivity contribution in [3.05, 3.63) is 53.1 Å². The number of carbonyl (C=O) groups is 2. The van der Waals surface area contributed by atoms with Gasteiger partial charge in [0.25, 0.3) is 11.8 Å². The second kappa shape index (κ2) is 8.35. The van der Waals surface area contributed by atoms with Crippen molar-refractivity contribution >= 4 is 23.6 Å². The molecule has 0 unspecified atom stereocenters. The third-order valence-corrected chi connectivity index (χ3v) is 4.15. The molecule has 1 heterocycles. The summed E-state index contributed by atoms with van der Waals surface area (Å²) in [6, 6.07) is 11.6. The van der Waals surface area contributed by atoms with E-state index in [2.05, 4.69) is 5.32 Å². The second-order valence-electron chi connectivity index (χ2n) is 6.36. The van der Waals surface area contributed by atoms with Crippen molar-refractivity contribution in [1.82, 2.24) is 4.90 Å². The fourth-order valence-corrected chi connectivity index (χ4v) is 2.70. The third kappa shape index (κ3) is 4.30. The first-order chi connectivity index (χ1) is 13.9. The molecule has 8 heteroatoms. The Kier molecular flexibility index (Phi) is 5.69. The zero-order valence-corrected chi connectivity index (χ0v) is 16.2. The van der Waals surface area contributed by atoms with Gasteiger partial charge >= 0.3 is 0 Å². The van der Waals surface area contributed by atoms with E-state index in [1.165, 1.54) is 18.1 Å². The molecule has 0 saturated heterocycles. The highest BCUT2D eigenvalue weighted by atomic mass is 16.7. The number of hydrogen-bond acceptors (Lipinski definition) is 6. The molecule has 2 aromatic rings. The van der Waals surface area contributed by atoms with Crippen LogP contribution in [-0.4, -0.2) is 44.7 Å². The summed E-state index contributed by atoms with van der Waals surface area (Å²) in [6.45, 7) is 0.0801. The lowest BCUT2D eigenvalue weighted by molar-refractivity contribution is -0.112. The maximum Gasteiger partial charge on any atom is 0.266 e. The van der Waals surface area contributed by atoms with Gasteiger partial charge in [-0.15, -0.1) is 0 Å². The van der Waals surface area contributed by atoms with Crippen molar-refractivity contribution < 1.29 is 23.8 Å². The van der Waals surface area contributed by atoms with Gasteiger partial charge in [-0.25, -0.2) is 0 Å². The summed E-state index contributed by atoms with van der Waals surface area (Å²) in [7, 11) is 4.81. The van der Waals surface area contributed by atoms with Crippen LogP contribution in [0.3, 0.4) is 0 Å². The van der Waals surface area contributed by atoms with Gasteiger partial charge in [0, 0.05) is 25.3 Å². The Morgan fingerprint density at radius 3 is 2.55 bits per heavy atom. The molecule has 1 aliphatic heterocycles. The van der Waals surface area contributed by atoms with E-state index >= 15 is 0 Å². The average Bonchev–Trinajstić information content (AvgIpc) is 3.19. The van der Waals surface area contributed by atoms with E-state index < -0.39 is 5.91 Å². The number of fused-ring (bicyclic) bond motifs is 1. The van der Waals surface area contributed by atoms with Gasteiger partial charge in [-0.1, -0.05) is 0 Å². The summed E-state index contributed by atoms with van der Waals surface area (Å²) >= 11 is 0. The third-order valence-electron chi connectivity index (χ3n) is 4.15. The summed E-state index contributed by atoms with van der Waals surface area (Å²) in [5.41, 5.74) is 1.43. The predicted molar refractivity (Wildman–Crippen MR) is 106 cm³/mol. The molecule has 29 heavy (non-hydrogen) atoms. The number of methoxy groups -OCH3 is 1. The first-order valence-corrected chi connectivity index (χ1v) is 8.65. The molecule has 0 spiro atoms. The lowest BCUT2D eigenvalue weighted by Gasteiger charge is -2.11. The Hall–Kier alpha value is -3.99. The first kappa shape index (κ1) is 19.8. The molecule has 0 bridgehead atoms. The maximum absolute atomic E-state index is 12.5. The van der Waals surface area contributed by atoms with Gasteiger partial charge in [-0.2, -0.15) is 5.26 Å². The molecule has 148 valence electrons. The number of nitriles is 1. The van der Waals surface area contributed by atoms with E-state index in [1.54, 1.807) is 50.5 Å². The number of carbonyl (C=O) groups excluding carboxylic acids is 2. The Morgan fingerprint density at radius 1 is 1.21 bits per heavy atom. The van der Waals surface area contributed by atoms with Crippen molar-refractivity contribution in [3.8, 4) is 23.3 Å². The van der Waals surface area contributed by atoms with Crippen LogP contribution in [0.15, 0.2) is 42.0 Å². The normalized spacial score (nSPS) is 12.1. The van der Waals surface area contributed by atoms with Crippen molar-refractivity contribution in [2.45, 2.75) is 0 Å². The van der Waals surface area contributed by atoms with Crippen LogP contribution in [0.25, 0.3) is 6.08 Å². The second-order valence-corrected chi connectivity index (χ2v) is 6.36. The van der Waals surface area contributed by atoms with Crippen molar-refractivity contribution in [2.75, 3.05) is 33.3 Å². The zero-order valence-electron chi connectivity index (χ0n) is 16.2. The largest absolute Gasteiger partial charge is 0.493 e. The van der Waals surface area contributed by atoms with Crippen LogP contribution >= 0.6 is 0 Å². The van der Waals surface area contributed by atoms with Crippen LogP contribution in [0.1, 0.15) is 15.9 Å². The topological polar surface area (TPSA) is 101 Å². The first-order valence-electron chi connectivity index (χ1n) is 8.65. The van der Waals surface area contributed by atoms with E-state index in [9.17, 15) is 14.9 Å². The summed E-state index contributed by atoms with van der Waals surface area (Å²) in [5.74, 6) is 0.701. The molecule has 8 nitrogen and oxygen atoms in total. The van der Waals surface area contributed by atoms with Crippen LogP contribution in [0.2, 0.25) is 0 Å². The highest BCUT2D eigenvalue weighted by molar-refractivity contribution is 6.09. The number of ether oxygens (including phenoxy) is 3. The van der Waals surface area contributed by atoms with Crippen LogP contribution < -0.4 is 19.5 Å². The van der Waals surface area contributed by atoms with Gasteiger partial charge < -0.3 is 24.4 Å². The number of hydrogen-bond donors (Lipinski definition) is 1. The highest BCUT2D eigenvalue weighted by Crippen LogP contribution is 2.42. The zero-order chi connectivity index (χ0) is 21.0. The summed E-state index contributed by atoms with van der Waals surface area (Å²) < 4.78 is 16.0. The van der Waals surface area contributed by atoms with Crippen LogP contribution in [0.4, 0.5) is 5.69 Å². The van der Waals surface area contributed by atoms with E-state index in [0.717, 1.165) is 0 Å². The van der Waals surface area contributed by atoms with Gasteiger partial charge in [0.2, 0.25) is 12.5 Å². The van der Waals surface area contributed by atoms with Gasteiger partial charge in [0.05, 0.1) is 7.11 Å². The number of anilines is 1. The standard InChI is InChI=1S/C21H19N3O5/c1-24(2)21(26)14-4-6-16(7-5-14)23-20(25)15(11-22)8-13-9-17(27-3)19-18(10-13)28-12-29-19/h4-10H,12H2,1-3H3,(H,23,25)/b15-8+. The number of rotatable bonds is 5. The van der Waals surface area contributed by atoms with E-state index in [4.69, 9.17) is 14.2 Å². The Labute approximate surface area is 167 Å². The minimum atomic E-state index is -0.573. The van der Waals surface area contributed by atoms with Crippen LogP contribution in [0, 0.1) is 11.3 Å². The fourth-order valence-electron chi connectivity index (χ4n) is 2.70. The minimum Gasteiger partial charge on any atom is -0.493 e. The SMILES string of the molecule is COc1cc(/C=C(\C#N)C(=O)Nc2ccc(C(=O)N(C)C)cc2)cc2c1OCO2. The average molecular weight is 393 g/mol. The molecule has 0 aliphatic carbocycles. The molecule has 0 atom stereocenters. The van der Waals surface area contributed by atoms with E-state index in [0.29, 0.717) is 34.1 Å². The van der Waals surface area contributed by atoms with Gasteiger partial charge in [0.1, 0.15) is 11.6 Å². The van der Waals surface area contributed by atoms with E-state index in [-0.39, 0.29) is 18.3 Å². The van der Waals surface area contributed by atoms with Crippen LogP contribution in [0.5, 0.6) is 17.2 Å². The van der Waals surface area contributed by atoms with Gasteiger partial charge in [0.15, 0.2) is 11.5 Å². The molecule has 3 rings (SSSR count). The summed E-state index contributed by atoms with van der Waals surface area (Å²) in [5, 5.41) is 12.1. The molecule has 1 N–H and O–H groups in total. The number of nitrogens with zero attached hydrogens (tertiary/aromatic N) is 2. The molecule has 2 amide bonds. The molecule has 0 aromatic heterocycles. The van der Waals surface area contributed by atoms with Gasteiger partial charge in [-0.3, -0.25) is 9.59 Å². The maximum atomic E-state index is 12.5. The molecule has 1 aliphatic rings. The van der Waals surface area contributed by atoms with Crippen LogP contribution in [-0.2, 0) is 4.79 Å². The molecule has 0 saturated carbocycles. The highest BCUT2D eigenvalue weighted by Gasteiger charge is 2.20. The predicted octanol–water partition coefficient (Wildman–Crippen LogP) is 2.67. The van der Waals surface area contributed by atoms with Gasteiger partial charge in [-0.05, 0) is 48.0 Å². The Morgan fingerprint density at radius 2 is 1.93 bits per heavy atom. The van der Waals surface area contributed by atoms with Crippen molar-refractivity contribution in [1.29, 1.82) is 5.26 Å².